The molecule has 182 valence electrons. The van der Waals surface area contributed by atoms with Gasteiger partial charge in [-0.05, 0) is 73.6 Å². The van der Waals surface area contributed by atoms with E-state index in [9.17, 15) is 13.2 Å². The Kier molecular flexibility index (Phi) is 9.17. The molecule has 1 aliphatic rings. The van der Waals surface area contributed by atoms with Gasteiger partial charge >= 0.3 is 0 Å². The fourth-order valence-electron chi connectivity index (χ4n) is 4.45. The number of aryl methyl sites for hydroxylation is 1. The van der Waals surface area contributed by atoms with E-state index in [1.165, 1.54) is 6.08 Å². The highest BCUT2D eigenvalue weighted by atomic mass is 19.2. The summed E-state index contributed by atoms with van der Waals surface area (Å²) in [5.74, 6) is -1.74. The van der Waals surface area contributed by atoms with E-state index < -0.39 is 17.5 Å². The summed E-state index contributed by atoms with van der Waals surface area (Å²) < 4.78 is 54.6. The molecule has 1 fully saturated rings. The van der Waals surface area contributed by atoms with E-state index in [-0.39, 0.29) is 23.3 Å². The number of hydrogen-bond acceptors (Lipinski definition) is 2. The predicted molar refractivity (Wildman–Crippen MR) is 131 cm³/mol. The second-order valence-electron chi connectivity index (χ2n) is 8.73. The van der Waals surface area contributed by atoms with Crippen molar-refractivity contribution in [3.8, 4) is 11.1 Å². The fourth-order valence-corrected chi connectivity index (χ4v) is 4.45. The minimum absolute atomic E-state index is 0.0191. The van der Waals surface area contributed by atoms with Crippen LogP contribution in [0.15, 0.2) is 72.8 Å². The van der Waals surface area contributed by atoms with Crippen LogP contribution in [0.3, 0.4) is 0 Å². The lowest BCUT2D eigenvalue weighted by atomic mass is 9.82. The molecule has 0 atom stereocenters. The molecule has 3 rings (SSSR count). The van der Waals surface area contributed by atoms with Crippen molar-refractivity contribution in [2.75, 3.05) is 13.7 Å². The molecule has 1 saturated carbocycles. The Bertz CT molecular complexity index is 1030. The highest BCUT2D eigenvalue weighted by Gasteiger charge is 2.26. The van der Waals surface area contributed by atoms with Crippen LogP contribution in [0.25, 0.3) is 11.1 Å². The van der Waals surface area contributed by atoms with E-state index in [2.05, 4.69) is 13.2 Å². The summed E-state index contributed by atoms with van der Waals surface area (Å²) in [6, 6.07) is 10.6. The summed E-state index contributed by atoms with van der Waals surface area (Å²) in [6.07, 6.45) is 5.75. The molecule has 0 radical (unpaired) electrons. The quantitative estimate of drug-likeness (QED) is 0.257. The minimum Gasteiger partial charge on any atom is -0.494 e. The van der Waals surface area contributed by atoms with Crippen molar-refractivity contribution < 1.29 is 22.6 Å². The first kappa shape index (κ1) is 25.8. The van der Waals surface area contributed by atoms with Crippen molar-refractivity contribution in [2.24, 2.45) is 0 Å². The number of halogens is 3. The zero-order chi connectivity index (χ0) is 24.7. The van der Waals surface area contributed by atoms with Gasteiger partial charge in [0.2, 0.25) is 0 Å². The third-order valence-electron chi connectivity index (χ3n) is 6.50. The van der Waals surface area contributed by atoms with Crippen molar-refractivity contribution in [3.63, 3.8) is 0 Å². The molecule has 0 spiro atoms. The molecule has 0 amide bonds. The van der Waals surface area contributed by atoms with Crippen molar-refractivity contribution >= 4 is 0 Å². The van der Waals surface area contributed by atoms with Gasteiger partial charge in [-0.25, -0.2) is 13.2 Å². The molecule has 2 aromatic rings. The Labute approximate surface area is 200 Å². The van der Waals surface area contributed by atoms with Crippen LogP contribution in [-0.4, -0.2) is 19.8 Å². The number of hydrogen-bond donors (Lipinski definition) is 0. The first-order chi connectivity index (χ1) is 16.3. The average Bonchev–Trinajstić information content (AvgIpc) is 2.85. The summed E-state index contributed by atoms with van der Waals surface area (Å²) in [4.78, 5) is 0. The maximum Gasteiger partial charge on any atom is 0.166 e. The molecule has 0 unspecified atom stereocenters. The van der Waals surface area contributed by atoms with Gasteiger partial charge in [-0.15, -0.1) is 0 Å². The molecule has 0 bridgehead atoms. The van der Waals surface area contributed by atoms with Crippen LogP contribution in [0.5, 0.6) is 0 Å². The summed E-state index contributed by atoms with van der Waals surface area (Å²) >= 11 is 0. The fraction of sp³-hybridized carbons (Fsp3) is 0.379. The van der Waals surface area contributed by atoms with E-state index in [0.29, 0.717) is 36.1 Å². The molecule has 1 aliphatic carbocycles. The van der Waals surface area contributed by atoms with Crippen LogP contribution in [0.1, 0.15) is 56.1 Å². The Morgan fingerprint density at radius 2 is 1.68 bits per heavy atom. The van der Waals surface area contributed by atoms with Crippen molar-refractivity contribution in [1.82, 2.24) is 0 Å². The highest BCUT2D eigenvalue weighted by Crippen LogP contribution is 2.37. The van der Waals surface area contributed by atoms with E-state index >= 15 is 0 Å². The van der Waals surface area contributed by atoms with Gasteiger partial charge in [0.1, 0.15) is 11.6 Å². The second kappa shape index (κ2) is 12.1. The summed E-state index contributed by atoms with van der Waals surface area (Å²) in [7, 11) is 1.69. The SMILES string of the molecule is C=C(/C=C(/F)C(=C)CCc1ccc(-c2ccc(C3CCC(OC)CC3)c(F)c2F)cc1)OCC. The largest absolute Gasteiger partial charge is 0.494 e. The van der Waals surface area contributed by atoms with Gasteiger partial charge in [-0.1, -0.05) is 49.6 Å². The van der Waals surface area contributed by atoms with E-state index in [4.69, 9.17) is 9.47 Å². The van der Waals surface area contributed by atoms with Crippen LogP contribution in [0.2, 0.25) is 0 Å². The van der Waals surface area contributed by atoms with Crippen LogP contribution in [0.4, 0.5) is 13.2 Å². The van der Waals surface area contributed by atoms with E-state index in [1.807, 2.05) is 12.1 Å². The van der Waals surface area contributed by atoms with Crippen molar-refractivity contribution in [2.45, 2.75) is 57.5 Å². The standard InChI is InChI=1S/C29H33F3O2/c1-5-34-20(3)18-27(30)19(2)6-7-21-8-10-22(11-9-21)25-16-17-26(29(32)28(25)31)23-12-14-24(33-4)15-13-23/h8-11,16-18,23-24H,2-3,5-7,12-15H2,1,4H3/b27-18+. The lowest BCUT2D eigenvalue weighted by Gasteiger charge is -2.28. The summed E-state index contributed by atoms with van der Waals surface area (Å²) in [6.45, 7) is 9.64. The van der Waals surface area contributed by atoms with Crippen LogP contribution in [-0.2, 0) is 15.9 Å². The first-order valence-electron chi connectivity index (χ1n) is 11.8. The maximum atomic E-state index is 15.0. The lowest BCUT2D eigenvalue weighted by Crippen LogP contribution is -2.20. The lowest BCUT2D eigenvalue weighted by molar-refractivity contribution is 0.0655. The second-order valence-corrected chi connectivity index (χ2v) is 8.73. The normalized spacial score (nSPS) is 18.6. The third kappa shape index (κ3) is 6.41. The molecule has 0 heterocycles. The van der Waals surface area contributed by atoms with Crippen LogP contribution in [0, 0.1) is 11.6 Å². The van der Waals surface area contributed by atoms with E-state index in [0.717, 1.165) is 31.2 Å². The number of rotatable bonds is 10. The first-order valence-corrected chi connectivity index (χ1v) is 11.8. The Morgan fingerprint density at radius 1 is 1.00 bits per heavy atom. The Hall–Kier alpha value is -2.79. The molecule has 34 heavy (non-hydrogen) atoms. The molecule has 0 aliphatic heterocycles. The minimum atomic E-state index is -0.811. The third-order valence-corrected chi connectivity index (χ3v) is 6.50. The Balaban J connectivity index is 1.65. The molecular formula is C29H33F3O2. The zero-order valence-electron chi connectivity index (χ0n) is 20.0. The molecular weight excluding hydrogens is 437 g/mol. The molecule has 0 saturated heterocycles. The monoisotopic (exact) mass is 470 g/mol. The van der Waals surface area contributed by atoms with Crippen LogP contribution >= 0.6 is 0 Å². The van der Waals surface area contributed by atoms with Gasteiger partial charge < -0.3 is 9.47 Å². The molecule has 2 aromatic carbocycles. The van der Waals surface area contributed by atoms with Crippen molar-refractivity contribution in [3.05, 3.63) is 95.6 Å². The molecule has 2 nitrogen and oxygen atoms in total. The Morgan fingerprint density at radius 3 is 2.29 bits per heavy atom. The van der Waals surface area contributed by atoms with Gasteiger partial charge in [0.15, 0.2) is 11.6 Å². The van der Waals surface area contributed by atoms with E-state index in [1.54, 1.807) is 38.3 Å². The summed E-state index contributed by atoms with van der Waals surface area (Å²) in [5.41, 5.74) is 2.61. The molecule has 5 heteroatoms. The molecule has 0 aromatic heterocycles. The molecule has 0 N–H and O–H groups in total. The zero-order valence-corrected chi connectivity index (χ0v) is 20.0. The van der Waals surface area contributed by atoms with Crippen molar-refractivity contribution in [1.29, 1.82) is 0 Å². The van der Waals surface area contributed by atoms with Gasteiger partial charge in [0.25, 0.3) is 0 Å². The number of allylic oxidation sites excluding steroid dienone is 3. The average molecular weight is 471 g/mol. The smallest absolute Gasteiger partial charge is 0.166 e. The maximum absolute atomic E-state index is 15.0. The van der Waals surface area contributed by atoms with Gasteiger partial charge in [-0.2, -0.15) is 0 Å². The predicted octanol–water partition coefficient (Wildman–Crippen LogP) is 8.20. The van der Waals surface area contributed by atoms with Gasteiger partial charge in [0, 0.05) is 18.7 Å². The number of methoxy groups -OCH3 is 1. The van der Waals surface area contributed by atoms with Gasteiger partial charge in [-0.3, -0.25) is 0 Å². The number of ether oxygens (including phenoxy) is 2. The summed E-state index contributed by atoms with van der Waals surface area (Å²) in [5, 5.41) is 0. The van der Waals surface area contributed by atoms with Crippen LogP contribution < -0.4 is 0 Å². The number of benzene rings is 2. The van der Waals surface area contributed by atoms with Gasteiger partial charge in [0.05, 0.1) is 12.7 Å². The highest BCUT2D eigenvalue weighted by molar-refractivity contribution is 5.65. The topological polar surface area (TPSA) is 18.5 Å².